The molecule has 2 aromatic carbocycles. The van der Waals surface area contributed by atoms with Crippen molar-refractivity contribution in [1.82, 2.24) is 0 Å². The zero-order valence-electron chi connectivity index (χ0n) is 16.5. The summed E-state index contributed by atoms with van der Waals surface area (Å²) in [4.78, 5) is 26.0. The highest BCUT2D eigenvalue weighted by atomic mass is 35.5. The summed E-state index contributed by atoms with van der Waals surface area (Å²) < 4.78 is 24.4. The Hall–Kier alpha value is -3.00. The van der Waals surface area contributed by atoms with Gasteiger partial charge in [0.05, 0.1) is 23.5 Å². The average molecular weight is 436 g/mol. The molecule has 0 spiro atoms. The Morgan fingerprint density at radius 2 is 1.93 bits per heavy atom. The van der Waals surface area contributed by atoms with Gasteiger partial charge in [-0.1, -0.05) is 11.6 Å². The summed E-state index contributed by atoms with van der Waals surface area (Å²) in [7, 11) is 1.38. The number of primary amides is 1. The second kappa shape index (κ2) is 9.67. The van der Waals surface area contributed by atoms with Crippen LogP contribution in [0.5, 0.6) is 11.5 Å². The predicted molar refractivity (Wildman–Crippen MR) is 113 cm³/mol. The van der Waals surface area contributed by atoms with Crippen molar-refractivity contribution in [3.05, 3.63) is 46.7 Å². The first-order valence-corrected chi connectivity index (χ1v) is 9.91. The number of hydrogen-bond acceptors (Lipinski definition) is 5. The quantitative estimate of drug-likeness (QED) is 0.693. The van der Waals surface area contributed by atoms with Crippen molar-refractivity contribution < 1.29 is 23.5 Å². The maximum Gasteiger partial charge on any atom is 0.255 e. The van der Waals surface area contributed by atoms with Gasteiger partial charge in [-0.25, -0.2) is 4.39 Å². The number of carbonyl (C=O) groups excluding carboxylic acids is 2. The number of nitrogens with one attached hydrogen (secondary N) is 1. The number of ether oxygens (including phenoxy) is 2. The third-order valence-electron chi connectivity index (χ3n) is 4.75. The van der Waals surface area contributed by atoms with Gasteiger partial charge in [-0.05, 0) is 49.6 Å². The summed E-state index contributed by atoms with van der Waals surface area (Å²) in [5.41, 5.74) is 6.43. The van der Waals surface area contributed by atoms with Crippen molar-refractivity contribution in [1.29, 1.82) is 0 Å². The van der Waals surface area contributed by atoms with Crippen LogP contribution in [0.25, 0.3) is 0 Å². The molecule has 1 fully saturated rings. The number of benzene rings is 2. The average Bonchev–Trinajstić information content (AvgIpc) is 2.73. The topological polar surface area (TPSA) is 93.9 Å². The molecule has 2 amide bonds. The molecule has 160 valence electrons. The van der Waals surface area contributed by atoms with Gasteiger partial charge in [-0.15, -0.1) is 0 Å². The van der Waals surface area contributed by atoms with Crippen molar-refractivity contribution in [3.63, 3.8) is 0 Å². The van der Waals surface area contributed by atoms with Gasteiger partial charge in [0.25, 0.3) is 11.8 Å². The maximum atomic E-state index is 13.9. The van der Waals surface area contributed by atoms with Gasteiger partial charge in [-0.3, -0.25) is 9.59 Å². The highest BCUT2D eigenvalue weighted by Gasteiger charge is 2.20. The number of nitrogens with two attached hydrogens (primary N) is 1. The van der Waals surface area contributed by atoms with Crippen LogP contribution in [0.1, 0.15) is 29.6 Å². The van der Waals surface area contributed by atoms with Crippen LogP contribution in [0.4, 0.5) is 15.8 Å². The highest BCUT2D eigenvalue weighted by molar-refractivity contribution is 6.32. The molecule has 9 heteroatoms. The summed E-state index contributed by atoms with van der Waals surface area (Å²) in [6.07, 6.45) is 3.25. The normalized spacial score (nSPS) is 13.6. The molecule has 0 aliphatic carbocycles. The molecule has 1 aliphatic rings. The number of rotatable bonds is 7. The number of piperidine rings is 1. The first kappa shape index (κ1) is 21.7. The second-order valence-electron chi connectivity index (χ2n) is 6.91. The van der Waals surface area contributed by atoms with E-state index < -0.39 is 17.6 Å². The van der Waals surface area contributed by atoms with E-state index in [0.717, 1.165) is 38.0 Å². The SMILES string of the molecule is COc1cc(C(=O)Nc2cc(F)ccc2N2CCCCC2)cc(Cl)c1OCC(N)=O. The monoisotopic (exact) mass is 435 g/mol. The molecule has 0 bridgehead atoms. The number of halogens is 2. The Balaban J connectivity index is 1.86. The number of anilines is 2. The third kappa shape index (κ3) is 5.13. The zero-order valence-corrected chi connectivity index (χ0v) is 17.3. The second-order valence-corrected chi connectivity index (χ2v) is 7.31. The van der Waals surface area contributed by atoms with Crippen LogP contribution < -0.4 is 25.4 Å². The van der Waals surface area contributed by atoms with Gasteiger partial charge in [0.1, 0.15) is 5.82 Å². The van der Waals surface area contributed by atoms with Crippen LogP contribution >= 0.6 is 11.6 Å². The zero-order chi connectivity index (χ0) is 21.7. The fourth-order valence-corrected chi connectivity index (χ4v) is 3.61. The first-order chi connectivity index (χ1) is 14.4. The van der Waals surface area contributed by atoms with E-state index in [0.29, 0.717) is 5.69 Å². The van der Waals surface area contributed by atoms with Gasteiger partial charge < -0.3 is 25.4 Å². The fourth-order valence-electron chi connectivity index (χ4n) is 3.35. The Morgan fingerprint density at radius 1 is 1.20 bits per heavy atom. The minimum Gasteiger partial charge on any atom is -0.493 e. The third-order valence-corrected chi connectivity index (χ3v) is 5.03. The molecule has 1 aliphatic heterocycles. The van der Waals surface area contributed by atoms with Crippen molar-refractivity contribution in [3.8, 4) is 11.5 Å². The highest BCUT2D eigenvalue weighted by Crippen LogP contribution is 2.37. The smallest absolute Gasteiger partial charge is 0.255 e. The molecule has 1 saturated heterocycles. The molecule has 7 nitrogen and oxygen atoms in total. The molecule has 0 unspecified atom stereocenters. The molecular weight excluding hydrogens is 413 g/mol. The Kier molecular flexibility index (Phi) is 6.99. The van der Waals surface area contributed by atoms with E-state index in [4.69, 9.17) is 26.8 Å². The van der Waals surface area contributed by atoms with Crippen LogP contribution in [0.3, 0.4) is 0 Å². The summed E-state index contributed by atoms with van der Waals surface area (Å²) in [6.45, 7) is 1.31. The van der Waals surface area contributed by atoms with E-state index in [-0.39, 0.29) is 28.7 Å². The van der Waals surface area contributed by atoms with Crippen molar-refractivity contribution in [2.24, 2.45) is 5.73 Å². The van der Waals surface area contributed by atoms with Crippen LogP contribution in [-0.2, 0) is 4.79 Å². The van der Waals surface area contributed by atoms with E-state index in [1.807, 2.05) is 0 Å². The Bertz CT molecular complexity index is 948. The standard InChI is InChI=1S/C21H23ClFN3O4/c1-29-18-10-13(9-15(22)20(18)30-12-19(24)27)21(28)25-16-11-14(23)5-6-17(16)26-7-3-2-4-8-26/h5-6,9-11H,2-4,7-8,12H2,1H3,(H2,24,27)(H,25,28). The van der Waals surface area contributed by atoms with Crippen molar-refractivity contribution in [2.75, 3.05) is 37.0 Å². The molecule has 1 heterocycles. The van der Waals surface area contributed by atoms with E-state index >= 15 is 0 Å². The molecule has 3 rings (SSSR count). The molecular formula is C21H23ClFN3O4. The van der Waals surface area contributed by atoms with Crippen molar-refractivity contribution >= 4 is 34.8 Å². The van der Waals surface area contributed by atoms with E-state index in [2.05, 4.69) is 10.2 Å². The lowest BCUT2D eigenvalue weighted by atomic mass is 10.1. The molecule has 30 heavy (non-hydrogen) atoms. The first-order valence-electron chi connectivity index (χ1n) is 9.53. The summed E-state index contributed by atoms with van der Waals surface area (Å²) in [6, 6.07) is 7.16. The van der Waals surface area contributed by atoms with E-state index in [1.165, 1.54) is 31.4 Å². The number of amides is 2. The Morgan fingerprint density at radius 3 is 2.60 bits per heavy atom. The largest absolute Gasteiger partial charge is 0.493 e. The van der Waals surface area contributed by atoms with Gasteiger partial charge >= 0.3 is 0 Å². The lowest BCUT2D eigenvalue weighted by Gasteiger charge is -2.30. The van der Waals surface area contributed by atoms with Gasteiger partial charge in [0.15, 0.2) is 18.1 Å². The maximum absolute atomic E-state index is 13.9. The van der Waals surface area contributed by atoms with E-state index in [9.17, 15) is 14.0 Å². The van der Waals surface area contributed by atoms with Crippen LogP contribution in [0, 0.1) is 5.82 Å². The summed E-state index contributed by atoms with van der Waals surface area (Å²) in [5, 5.41) is 2.84. The molecule has 0 aromatic heterocycles. The lowest BCUT2D eigenvalue weighted by Crippen LogP contribution is -2.30. The van der Waals surface area contributed by atoms with Gasteiger partial charge in [-0.2, -0.15) is 0 Å². The Labute approximate surface area is 178 Å². The predicted octanol–water partition coefficient (Wildman–Crippen LogP) is 3.59. The van der Waals surface area contributed by atoms with Gasteiger partial charge in [0, 0.05) is 18.7 Å². The lowest BCUT2D eigenvalue weighted by molar-refractivity contribution is -0.119. The molecule has 0 atom stereocenters. The number of carbonyl (C=O) groups is 2. The minimum absolute atomic E-state index is 0.0799. The van der Waals surface area contributed by atoms with Crippen molar-refractivity contribution in [2.45, 2.75) is 19.3 Å². The van der Waals surface area contributed by atoms with Crippen LogP contribution in [0.2, 0.25) is 5.02 Å². The van der Waals surface area contributed by atoms with E-state index in [1.54, 1.807) is 6.07 Å². The molecule has 3 N–H and O–H groups in total. The molecule has 0 saturated carbocycles. The fraction of sp³-hybridized carbons (Fsp3) is 0.333. The summed E-state index contributed by atoms with van der Waals surface area (Å²) >= 11 is 6.22. The van der Waals surface area contributed by atoms with Crippen LogP contribution in [0.15, 0.2) is 30.3 Å². The number of nitrogens with zero attached hydrogens (tertiary/aromatic N) is 1. The number of hydrogen-bond donors (Lipinski definition) is 2. The van der Waals surface area contributed by atoms with Crippen LogP contribution in [-0.4, -0.2) is 38.6 Å². The molecule has 0 radical (unpaired) electrons. The summed E-state index contributed by atoms with van der Waals surface area (Å²) in [5.74, 6) is -1.33. The molecule has 2 aromatic rings. The minimum atomic E-state index is -0.675. The number of methoxy groups -OCH3 is 1. The van der Waals surface area contributed by atoms with Gasteiger partial charge in [0.2, 0.25) is 0 Å².